The highest BCUT2D eigenvalue weighted by Crippen LogP contribution is 2.10. The largest absolute Gasteiger partial charge is 0.412 e. The topological polar surface area (TPSA) is 50.4 Å². The van der Waals surface area contributed by atoms with E-state index in [1.54, 1.807) is 7.05 Å². The third-order valence-electron chi connectivity index (χ3n) is 1.67. The number of likely N-dealkylation sites (N-methyl/N-ethyl adjacent to an activating group) is 1. The second kappa shape index (κ2) is 5.98. The molecule has 0 aliphatic heterocycles. The smallest absolute Gasteiger partial charge is 0.410 e. The minimum atomic E-state index is -0.545. The molecule has 0 bridgehead atoms. The molecule has 0 unspecified atom stereocenters. The molecule has 1 aromatic carbocycles. The Morgan fingerprint density at radius 3 is 2.60 bits per heavy atom. The second-order valence-electron chi connectivity index (χ2n) is 2.87. The molecule has 0 fully saturated rings. The maximum absolute atomic E-state index is 12.5. The lowest BCUT2D eigenvalue weighted by Crippen LogP contribution is -2.32. The normalized spacial score (nSPS) is 9.73. The van der Waals surface area contributed by atoms with Crippen LogP contribution in [0, 0.1) is 5.82 Å². The van der Waals surface area contributed by atoms with Crippen molar-refractivity contribution >= 4 is 6.09 Å². The van der Waals surface area contributed by atoms with Gasteiger partial charge in [-0.1, -0.05) is 0 Å². The molecule has 1 rings (SSSR count). The zero-order chi connectivity index (χ0) is 11.1. The van der Waals surface area contributed by atoms with Gasteiger partial charge in [-0.05, 0) is 31.3 Å². The van der Waals surface area contributed by atoms with Crippen LogP contribution in [0.15, 0.2) is 24.3 Å². The first kappa shape index (κ1) is 11.5. The SMILES string of the molecule is CNCCNC(=O)Oc1ccc(F)cc1. The Morgan fingerprint density at radius 1 is 1.33 bits per heavy atom. The molecule has 0 saturated heterocycles. The highest BCUT2D eigenvalue weighted by molar-refractivity contribution is 5.70. The van der Waals surface area contributed by atoms with Crippen LogP contribution in [0.4, 0.5) is 9.18 Å². The molecule has 0 heterocycles. The maximum Gasteiger partial charge on any atom is 0.412 e. The summed E-state index contributed by atoms with van der Waals surface area (Å²) in [5.74, 6) is -0.0451. The Hall–Kier alpha value is -1.62. The highest BCUT2D eigenvalue weighted by atomic mass is 19.1. The van der Waals surface area contributed by atoms with Crippen molar-refractivity contribution in [1.29, 1.82) is 0 Å². The quantitative estimate of drug-likeness (QED) is 0.736. The van der Waals surface area contributed by atoms with Crippen LogP contribution in [0.25, 0.3) is 0 Å². The zero-order valence-electron chi connectivity index (χ0n) is 8.42. The Bertz CT molecular complexity index is 314. The van der Waals surface area contributed by atoms with Gasteiger partial charge in [0.25, 0.3) is 0 Å². The summed E-state index contributed by atoms with van der Waals surface area (Å²) in [6.45, 7) is 1.15. The molecule has 0 aliphatic rings. The Morgan fingerprint density at radius 2 is 2.00 bits per heavy atom. The van der Waals surface area contributed by atoms with Gasteiger partial charge in [-0.15, -0.1) is 0 Å². The zero-order valence-corrected chi connectivity index (χ0v) is 8.42. The van der Waals surface area contributed by atoms with Gasteiger partial charge in [0.1, 0.15) is 11.6 Å². The van der Waals surface area contributed by atoms with Gasteiger partial charge in [-0.25, -0.2) is 9.18 Å². The average Bonchev–Trinajstić information content (AvgIpc) is 2.22. The van der Waals surface area contributed by atoms with Crippen LogP contribution in [0.1, 0.15) is 0 Å². The van der Waals surface area contributed by atoms with Gasteiger partial charge in [0, 0.05) is 13.1 Å². The monoisotopic (exact) mass is 212 g/mol. The molecular weight excluding hydrogens is 199 g/mol. The molecule has 2 N–H and O–H groups in total. The van der Waals surface area contributed by atoms with Gasteiger partial charge in [0.2, 0.25) is 0 Å². The van der Waals surface area contributed by atoms with Gasteiger partial charge in [-0.3, -0.25) is 0 Å². The van der Waals surface area contributed by atoms with Gasteiger partial charge >= 0.3 is 6.09 Å². The molecule has 0 radical (unpaired) electrons. The maximum atomic E-state index is 12.5. The number of amides is 1. The fourth-order valence-electron chi connectivity index (χ4n) is 0.935. The van der Waals surface area contributed by atoms with Crippen LogP contribution in [0.5, 0.6) is 5.75 Å². The van der Waals surface area contributed by atoms with E-state index in [4.69, 9.17) is 4.74 Å². The number of hydrogen-bond acceptors (Lipinski definition) is 3. The third kappa shape index (κ3) is 4.42. The summed E-state index contributed by atoms with van der Waals surface area (Å²) in [6, 6.07) is 5.26. The molecular formula is C10H13FN2O2. The van der Waals surface area contributed by atoms with Crippen molar-refractivity contribution in [3.63, 3.8) is 0 Å². The molecule has 0 saturated carbocycles. The second-order valence-corrected chi connectivity index (χ2v) is 2.87. The number of benzene rings is 1. The summed E-state index contributed by atoms with van der Waals surface area (Å²) in [5, 5.41) is 5.40. The van der Waals surface area contributed by atoms with Crippen LogP contribution in [-0.2, 0) is 0 Å². The minimum absolute atomic E-state index is 0.318. The molecule has 0 aromatic heterocycles. The van der Waals surface area contributed by atoms with E-state index < -0.39 is 6.09 Å². The number of carbonyl (C=O) groups excluding carboxylic acids is 1. The van der Waals surface area contributed by atoms with Crippen LogP contribution in [-0.4, -0.2) is 26.2 Å². The summed E-state index contributed by atoms with van der Waals surface area (Å²) >= 11 is 0. The molecule has 0 aliphatic carbocycles. The lowest BCUT2D eigenvalue weighted by atomic mass is 10.3. The Kier molecular flexibility index (Phi) is 4.56. The van der Waals surface area contributed by atoms with Crippen molar-refractivity contribution in [3.05, 3.63) is 30.1 Å². The molecule has 1 amide bonds. The van der Waals surface area contributed by atoms with Gasteiger partial charge in [0.05, 0.1) is 0 Å². The van der Waals surface area contributed by atoms with Gasteiger partial charge in [0.15, 0.2) is 0 Å². The van der Waals surface area contributed by atoms with Crippen molar-refractivity contribution in [3.8, 4) is 5.75 Å². The standard InChI is InChI=1S/C10H13FN2O2/c1-12-6-7-13-10(14)15-9-4-2-8(11)3-5-9/h2-5,12H,6-7H2,1H3,(H,13,14). The highest BCUT2D eigenvalue weighted by Gasteiger charge is 2.02. The first-order chi connectivity index (χ1) is 7.22. The van der Waals surface area contributed by atoms with Gasteiger partial charge < -0.3 is 15.4 Å². The summed E-state index contributed by atoms with van der Waals surface area (Å²) in [4.78, 5) is 11.1. The lowest BCUT2D eigenvalue weighted by Gasteiger charge is -2.05. The van der Waals surface area contributed by atoms with E-state index in [1.165, 1.54) is 24.3 Å². The Labute approximate surface area is 87.4 Å². The fraction of sp³-hybridized carbons (Fsp3) is 0.300. The molecule has 0 atom stereocenters. The number of carbonyl (C=O) groups is 1. The van der Waals surface area contributed by atoms with Crippen LogP contribution in [0.3, 0.4) is 0 Å². The summed E-state index contributed by atoms with van der Waals surface area (Å²) in [6.07, 6.45) is -0.545. The van der Waals surface area contributed by atoms with E-state index in [1.807, 2.05) is 0 Å². The van der Waals surface area contributed by atoms with Gasteiger partial charge in [-0.2, -0.15) is 0 Å². The van der Waals surface area contributed by atoms with Crippen molar-refractivity contribution in [1.82, 2.24) is 10.6 Å². The number of hydrogen-bond donors (Lipinski definition) is 2. The molecule has 82 valence electrons. The number of ether oxygens (including phenoxy) is 1. The predicted octanol–water partition coefficient (Wildman–Crippen LogP) is 1.13. The van der Waals surface area contributed by atoms with E-state index >= 15 is 0 Å². The molecule has 0 spiro atoms. The number of halogens is 1. The van der Waals surface area contributed by atoms with Crippen LogP contribution < -0.4 is 15.4 Å². The van der Waals surface area contributed by atoms with E-state index in [-0.39, 0.29) is 5.82 Å². The van der Waals surface area contributed by atoms with E-state index in [9.17, 15) is 9.18 Å². The lowest BCUT2D eigenvalue weighted by molar-refractivity contribution is 0.200. The van der Waals surface area contributed by atoms with E-state index in [0.717, 1.165) is 0 Å². The predicted molar refractivity (Wildman–Crippen MR) is 54.4 cm³/mol. The van der Waals surface area contributed by atoms with Crippen molar-refractivity contribution in [2.75, 3.05) is 20.1 Å². The molecule has 15 heavy (non-hydrogen) atoms. The Balaban J connectivity index is 2.34. The summed E-state index contributed by atoms with van der Waals surface area (Å²) < 4.78 is 17.4. The van der Waals surface area contributed by atoms with Crippen molar-refractivity contribution in [2.45, 2.75) is 0 Å². The fourth-order valence-corrected chi connectivity index (χ4v) is 0.935. The van der Waals surface area contributed by atoms with Crippen LogP contribution in [0.2, 0.25) is 0 Å². The first-order valence-electron chi connectivity index (χ1n) is 4.58. The van der Waals surface area contributed by atoms with Crippen LogP contribution >= 0.6 is 0 Å². The van der Waals surface area contributed by atoms with Crippen molar-refractivity contribution < 1.29 is 13.9 Å². The number of nitrogens with one attached hydrogen (secondary N) is 2. The van der Waals surface area contributed by atoms with E-state index in [0.29, 0.717) is 18.8 Å². The minimum Gasteiger partial charge on any atom is -0.410 e. The van der Waals surface area contributed by atoms with Crippen molar-refractivity contribution in [2.24, 2.45) is 0 Å². The first-order valence-corrected chi connectivity index (χ1v) is 4.58. The van der Waals surface area contributed by atoms with E-state index in [2.05, 4.69) is 10.6 Å². The summed E-state index contributed by atoms with van der Waals surface area (Å²) in [5.41, 5.74) is 0. The average molecular weight is 212 g/mol. The number of rotatable bonds is 4. The molecule has 5 heteroatoms. The third-order valence-corrected chi connectivity index (χ3v) is 1.67. The molecule has 4 nitrogen and oxygen atoms in total. The summed E-state index contributed by atoms with van der Waals surface area (Å²) in [7, 11) is 1.78. The molecule has 1 aromatic rings.